The number of rotatable bonds is 8. The number of aromatic carboxylic acids is 1. The van der Waals surface area contributed by atoms with Crippen LogP contribution in [-0.2, 0) is 15.7 Å². The molecule has 1 aliphatic heterocycles. The van der Waals surface area contributed by atoms with Crippen LogP contribution in [0.1, 0.15) is 42.1 Å². The fourth-order valence-electron chi connectivity index (χ4n) is 2.82. The molecule has 2 rings (SSSR count). The van der Waals surface area contributed by atoms with Crippen LogP contribution in [0.2, 0.25) is 0 Å². The number of benzene rings is 1. The van der Waals surface area contributed by atoms with Crippen LogP contribution in [0.25, 0.3) is 0 Å². The van der Waals surface area contributed by atoms with Crippen molar-refractivity contribution in [1.29, 1.82) is 0 Å². The van der Waals surface area contributed by atoms with Gasteiger partial charge >= 0.3 is 5.97 Å². The number of carboxylic acids is 1. The number of unbranched alkanes of at least 4 members (excludes halogenated alkanes) is 1. The monoisotopic (exact) mass is 353 g/mol. The number of hydrogen-bond acceptors (Lipinski definition) is 5. The lowest BCUT2D eigenvalue weighted by Gasteiger charge is -2.37. The van der Waals surface area contributed by atoms with E-state index < -0.39 is 17.4 Å². The molecule has 0 saturated carbocycles. The summed E-state index contributed by atoms with van der Waals surface area (Å²) >= 11 is 0. The average molecular weight is 353 g/mol. The Kier molecular flexibility index (Phi) is 6.87. The Bertz CT molecular complexity index is 557. The predicted molar refractivity (Wildman–Crippen MR) is 90.7 cm³/mol. The summed E-state index contributed by atoms with van der Waals surface area (Å²) < 4.78 is 17.1. The highest BCUT2D eigenvalue weighted by Gasteiger charge is 2.40. The third-order valence-corrected chi connectivity index (χ3v) is 5.17. The van der Waals surface area contributed by atoms with E-state index in [0.29, 0.717) is 26.0 Å². The van der Waals surface area contributed by atoms with Gasteiger partial charge in [0.1, 0.15) is 6.10 Å². The Labute approximate surface area is 143 Å². The molecule has 3 N–H and O–H groups in total. The molecule has 0 aromatic heterocycles. The number of aliphatic hydroxyl groups is 1. The van der Waals surface area contributed by atoms with Gasteiger partial charge in [0, 0.05) is 12.6 Å². The van der Waals surface area contributed by atoms with E-state index in [9.17, 15) is 14.5 Å². The van der Waals surface area contributed by atoms with Crippen LogP contribution in [0.15, 0.2) is 24.3 Å². The molecule has 1 aliphatic rings. The second-order valence-corrected chi connectivity index (χ2v) is 7.16. The van der Waals surface area contributed by atoms with E-state index in [-0.39, 0.29) is 20.1 Å². The molecular weight excluding hydrogens is 329 g/mol. The van der Waals surface area contributed by atoms with Crippen molar-refractivity contribution in [2.45, 2.75) is 50.1 Å². The Morgan fingerprint density at radius 1 is 1.42 bits per heavy atom. The van der Waals surface area contributed by atoms with Crippen LogP contribution >= 0.6 is 8.46 Å². The van der Waals surface area contributed by atoms with Crippen molar-refractivity contribution in [2.24, 2.45) is 0 Å². The number of hydrogen-bond donors (Lipinski definition) is 3. The van der Waals surface area contributed by atoms with Gasteiger partial charge in [-0.1, -0.05) is 25.5 Å². The summed E-state index contributed by atoms with van der Waals surface area (Å²) in [4.78, 5) is 10.9. The standard InChI is InChI=1S/C17H24NO5P/c1-2-3-8-17(21,24-22)15-10-18-14(11-23-15)9-12-4-6-13(7-5-12)16(19)20/h4-7,14-15,18,21H,2-3,8-11H2,1H3,(H,19,20)/t14-,15+,17?/m1/s1. The molecule has 132 valence electrons. The van der Waals surface area contributed by atoms with E-state index in [1.54, 1.807) is 24.3 Å². The van der Waals surface area contributed by atoms with E-state index in [1.807, 2.05) is 6.92 Å². The second kappa shape index (κ2) is 8.67. The molecule has 6 nitrogen and oxygen atoms in total. The lowest BCUT2D eigenvalue weighted by molar-refractivity contribution is -0.0884. The highest BCUT2D eigenvalue weighted by Crippen LogP contribution is 2.33. The SMILES string of the molecule is CCCCC(O)(P=O)[C@@H]1CN[C@H](Cc2ccc(C(=O)O)cc2)CO1. The lowest BCUT2D eigenvalue weighted by Crippen LogP contribution is -2.54. The summed E-state index contributed by atoms with van der Waals surface area (Å²) in [5, 5.41) is 21.4. The lowest BCUT2D eigenvalue weighted by atomic mass is 10.0. The first-order valence-electron chi connectivity index (χ1n) is 8.22. The second-order valence-electron chi connectivity index (χ2n) is 6.21. The summed E-state index contributed by atoms with van der Waals surface area (Å²) in [5.41, 5.74) is 1.28. The van der Waals surface area contributed by atoms with E-state index in [4.69, 9.17) is 9.84 Å². The average Bonchev–Trinajstić information content (AvgIpc) is 2.60. The third kappa shape index (κ3) is 4.84. The molecule has 1 aromatic carbocycles. The van der Waals surface area contributed by atoms with Crippen molar-refractivity contribution in [3.63, 3.8) is 0 Å². The van der Waals surface area contributed by atoms with Gasteiger partial charge in [-0.25, -0.2) is 4.79 Å². The maximum Gasteiger partial charge on any atom is 0.335 e. The molecule has 24 heavy (non-hydrogen) atoms. The van der Waals surface area contributed by atoms with E-state index >= 15 is 0 Å². The van der Waals surface area contributed by atoms with Crippen LogP contribution in [0.4, 0.5) is 0 Å². The fraction of sp³-hybridized carbons (Fsp3) is 0.588. The Hall–Kier alpha value is -1.33. The minimum absolute atomic E-state index is 0.0793. The Balaban J connectivity index is 1.88. The zero-order valence-electron chi connectivity index (χ0n) is 13.8. The van der Waals surface area contributed by atoms with E-state index in [2.05, 4.69) is 5.32 Å². The van der Waals surface area contributed by atoms with Crippen molar-refractivity contribution in [3.05, 3.63) is 35.4 Å². The minimum atomic E-state index is -1.34. The first-order chi connectivity index (χ1) is 11.5. The summed E-state index contributed by atoms with van der Waals surface area (Å²) in [6, 6.07) is 6.85. The number of morpholine rings is 1. The van der Waals surface area contributed by atoms with Crippen LogP contribution in [0.3, 0.4) is 0 Å². The molecule has 1 aromatic rings. The maximum atomic E-state index is 11.4. The smallest absolute Gasteiger partial charge is 0.335 e. The van der Waals surface area contributed by atoms with E-state index in [1.165, 1.54) is 0 Å². The first kappa shape index (κ1) is 19.0. The summed E-state index contributed by atoms with van der Waals surface area (Å²) in [7, 11) is -0.299. The number of carboxylic acid groups (broad SMARTS) is 1. The van der Waals surface area contributed by atoms with Crippen LogP contribution in [-0.4, -0.2) is 46.8 Å². The number of nitrogens with one attached hydrogen (secondary N) is 1. The van der Waals surface area contributed by atoms with Crippen molar-refractivity contribution in [3.8, 4) is 0 Å². The van der Waals surface area contributed by atoms with Gasteiger partial charge in [0.15, 0.2) is 13.8 Å². The highest BCUT2D eigenvalue weighted by molar-refractivity contribution is 7.25. The molecule has 0 radical (unpaired) electrons. The zero-order valence-corrected chi connectivity index (χ0v) is 14.7. The number of carbonyl (C=O) groups is 1. The van der Waals surface area contributed by atoms with Gasteiger partial charge in [-0.15, -0.1) is 0 Å². The summed E-state index contributed by atoms with van der Waals surface area (Å²) in [6.45, 7) is 2.87. The topological polar surface area (TPSA) is 95.9 Å². The number of ether oxygens (including phenoxy) is 1. The molecule has 1 saturated heterocycles. The largest absolute Gasteiger partial charge is 0.478 e. The third-order valence-electron chi connectivity index (χ3n) is 4.35. The van der Waals surface area contributed by atoms with E-state index in [0.717, 1.165) is 18.4 Å². The molecule has 0 amide bonds. The van der Waals surface area contributed by atoms with Gasteiger partial charge in [-0.3, -0.25) is 4.57 Å². The molecule has 0 spiro atoms. The van der Waals surface area contributed by atoms with Crippen molar-refractivity contribution in [2.75, 3.05) is 13.2 Å². The van der Waals surface area contributed by atoms with Gasteiger partial charge in [-0.2, -0.15) is 0 Å². The van der Waals surface area contributed by atoms with Gasteiger partial charge < -0.3 is 20.3 Å². The molecule has 7 heteroatoms. The quantitative estimate of drug-likeness (QED) is 0.622. The molecule has 1 fully saturated rings. The minimum Gasteiger partial charge on any atom is -0.478 e. The molecule has 3 atom stereocenters. The fourth-order valence-corrected chi connectivity index (χ4v) is 3.35. The van der Waals surface area contributed by atoms with Crippen LogP contribution < -0.4 is 5.32 Å². The molecule has 0 bridgehead atoms. The Morgan fingerprint density at radius 3 is 2.62 bits per heavy atom. The molecular formula is C17H24NO5P. The van der Waals surface area contributed by atoms with Gasteiger partial charge in [-0.05, 0) is 37.0 Å². The summed E-state index contributed by atoms with van der Waals surface area (Å²) in [6.07, 6.45) is 2.38. The predicted octanol–water partition coefficient (Wildman–Crippen LogP) is 2.45. The normalized spacial score (nSPS) is 23.8. The van der Waals surface area contributed by atoms with Gasteiger partial charge in [0.05, 0.1) is 12.2 Å². The zero-order chi connectivity index (χ0) is 17.6. The van der Waals surface area contributed by atoms with Crippen molar-refractivity contribution < 1.29 is 24.3 Å². The first-order valence-corrected chi connectivity index (χ1v) is 9.04. The van der Waals surface area contributed by atoms with Crippen LogP contribution in [0.5, 0.6) is 0 Å². The molecule has 1 heterocycles. The molecule has 1 unspecified atom stereocenters. The van der Waals surface area contributed by atoms with Crippen LogP contribution in [0, 0.1) is 0 Å². The summed E-state index contributed by atoms with van der Waals surface area (Å²) in [5.74, 6) is -0.938. The molecule has 0 aliphatic carbocycles. The van der Waals surface area contributed by atoms with Gasteiger partial charge in [0.2, 0.25) is 0 Å². The highest BCUT2D eigenvalue weighted by atomic mass is 31.1. The Morgan fingerprint density at radius 2 is 2.12 bits per heavy atom. The van der Waals surface area contributed by atoms with Crippen molar-refractivity contribution in [1.82, 2.24) is 5.32 Å². The van der Waals surface area contributed by atoms with Crippen molar-refractivity contribution >= 4 is 14.4 Å². The maximum absolute atomic E-state index is 11.4. The van der Waals surface area contributed by atoms with Gasteiger partial charge in [0.25, 0.3) is 0 Å².